The van der Waals surface area contributed by atoms with Crippen LogP contribution in [0.25, 0.3) is 5.69 Å². The zero-order valence-corrected chi connectivity index (χ0v) is 14.2. The average molecular weight is 343 g/mol. The molecule has 2 fully saturated rings. The highest BCUT2D eigenvalue weighted by molar-refractivity contribution is 5.95. The maximum absolute atomic E-state index is 13.1. The minimum Gasteiger partial charge on any atom is -0.348 e. The Labute approximate surface area is 145 Å². The first-order valence-corrected chi connectivity index (χ1v) is 8.62. The molecule has 132 valence electrons. The molecule has 0 aliphatic carbocycles. The fraction of sp³-hybridized carbons (Fsp3) is 0.529. The molecule has 0 spiro atoms. The zero-order chi connectivity index (χ0) is 17.2. The SMILES string of the molecule is Cc1cc(C(=O)N2CCCCC2C2OCCO2)ccc1-n1cnnn1. The summed E-state index contributed by atoms with van der Waals surface area (Å²) in [5, 5.41) is 11.2. The minimum absolute atomic E-state index is 0.0109. The van der Waals surface area contributed by atoms with E-state index >= 15 is 0 Å². The van der Waals surface area contributed by atoms with Crippen molar-refractivity contribution < 1.29 is 14.3 Å². The second-order valence-corrected chi connectivity index (χ2v) is 6.43. The molecule has 2 aromatic rings. The van der Waals surface area contributed by atoms with Crippen molar-refractivity contribution >= 4 is 5.91 Å². The van der Waals surface area contributed by atoms with Crippen molar-refractivity contribution in [1.82, 2.24) is 25.1 Å². The summed E-state index contributed by atoms with van der Waals surface area (Å²) in [4.78, 5) is 15.0. The van der Waals surface area contributed by atoms with Crippen LogP contribution in [0, 0.1) is 6.92 Å². The fourth-order valence-corrected chi connectivity index (χ4v) is 3.57. The zero-order valence-electron chi connectivity index (χ0n) is 14.2. The molecule has 0 bridgehead atoms. The number of carbonyl (C=O) groups is 1. The van der Waals surface area contributed by atoms with E-state index in [1.165, 1.54) is 0 Å². The highest BCUT2D eigenvalue weighted by atomic mass is 16.7. The van der Waals surface area contributed by atoms with Crippen LogP contribution in [0.2, 0.25) is 0 Å². The van der Waals surface area contributed by atoms with Crippen LogP contribution in [0.15, 0.2) is 24.5 Å². The summed E-state index contributed by atoms with van der Waals surface area (Å²) in [5.41, 5.74) is 2.47. The molecule has 2 aliphatic heterocycles. The predicted molar refractivity (Wildman–Crippen MR) is 88.3 cm³/mol. The van der Waals surface area contributed by atoms with Gasteiger partial charge in [-0.15, -0.1) is 5.10 Å². The summed E-state index contributed by atoms with van der Waals surface area (Å²) in [6.45, 7) is 3.89. The number of rotatable bonds is 3. The van der Waals surface area contributed by atoms with Crippen LogP contribution in [-0.2, 0) is 9.47 Å². The molecule has 2 saturated heterocycles. The van der Waals surface area contributed by atoms with Gasteiger partial charge in [0.2, 0.25) is 0 Å². The molecule has 1 aromatic heterocycles. The Hall–Kier alpha value is -2.32. The van der Waals surface area contributed by atoms with Gasteiger partial charge in [0, 0.05) is 12.1 Å². The van der Waals surface area contributed by atoms with E-state index < -0.39 is 0 Å². The first kappa shape index (κ1) is 16.2. The van der Waals surface area contributed by atoms with Crippen molar-refractivity contribution in [3.05, 3.63) is 35.7 Å². The van der Waals surface area contributed by atoms with Crippen LogP contribution >= 0.6 is 0 Å². The van der Waals surface area contributed by atoms with Crippen molar-refractivity contribution in [1.29, 1.82) is 0 Å². The molecular weight excluding hydrogens is 322 g/mol. The van der Waals surface area contributed by atoms with Gasteiger partial charge in [0.1, 0.15) is 6.33 Å². The van der Waals surface area contributed by atoms with Gasteiger partial charge in [-0.25, -0.2) is 4.68 Å². The molecule has 1 unspecified atom stereocenters. The monoisotopic (exact) mass is 343 g/mol. The lowest BCUT2D eigenvalue weighted by atomic mass is 9.99. The lowest BCUT2D eigenvalue weighted by Crippen LogP contribution is -2.50. The van der Waals surface area contributed by atoms with Gasteiger partial charge in [-0.3, -0.25) is 4.79 Å². The standard InChI is InChI=1S/C17H21N5O3/c1-12-10-13(5-6-14(12)22-11-18-19-20-22)16(23)21-7-3-2-4-15(21)17-24-8-9-25-17/h5-6,10-11,15,17H,2-4,7-9H2,1H3. The van der Waals surface area contributed by atoms with Crippen LogP contribution in [0.4, 0.5) is 0 Å². The predicted octanol–water partition coefficient (Wildman–Crippen LogP) is 1.34. The molecule has 1 atom stereocenters. The summed E-state index contributed by atoms with van der Waals surface area (Å²) >= 11 is 0. The van der Waals surface area contributed by atoms with E-state index in [-0.39, 0.29) is 18.2 Å². The Morgan fingerprint density at radius 3 is 2.80 bits per heavy atom. The molecule has 25 heavy (non-hydrogen) atoms. The van der Waals surface area contributed by atoms with E-state index in [1.807, 2.05) is 30.0 Å². The molecular formula is C17H21N5O3. The van der Waals surface area contributed by atoms with Gasteiger partial charge in [0.15, 0.2) is 6.29 Å². The number of benzene rings is 1. The average Bonchev–Trinajstić information content (AvgIpc) is 3.35. The number of likely N-dealkylation sites (tertiary alicyclic amines) is 1. The van der Waals surface area contributed by atoms with E-state index in [0.29, 0.717) is 18.8 Å². The van der Waals surface area contributed by atoms with Crippen molar-refractivity contribution in [3.8, 4) is 5.69 Å². The van der Waals surface area contributed by atoms with E-state index in [4.69, 9.17) is 9.47 Å². The summed E-state index contributed by atoms with van der Waals surface area (Å²) in [5.74, 6) is 0.0233. The largest absolute Gasteiger partial charge is 0.348 e. The summed E-state index contributed by atoms with van der Waals surface area (Å²) in [6, 6.07) is 5.58. The molecule has 3 heterocycles. The van der Waals surface area contributed by atoms with E-state index in [0.717, 1.165) is 37.1 Å². The first-order valence-electron chi connectivity index (χ1n) is 8.62. The maximum atomic E-state index is 13.1. The molecule has 8 nitrogen and oxygen atoms in total. The number of ether oxygens (including phenoxy) is 2. The third kappa shape index (κ3) is 3.14. The number of hydrogen-bond acceptors (Lipinski definition) is 6. The van der Waals surface area contributed by atoms with Crippen LogP contribution in [0.3, 0.4) is 0 Å². The number of aromatic nitrogens is 4. The van der Waals surface area contributed by atoms with E-state index in [2.05, 4.69) is 15.5 Å². The molecule has 2 aliphatic rings. The van der Waals surface area contributed by atoms with Crippen molar-refractivity contribution in [3.63, 3.8) is 0 Å². The van der Waals surface area contributed by atoms with Crippen molar-refractivity contribution in [2.45, 2.75) is 38.5 Å². The van der Waals surface area contributed by atoms with Crippen molar-refractivity contribution in [2.24, 2.45) is 0 Å². The molecule has 4 rings (SSSR count). The number of amides is 1. The first-order chi connectivity index (χ1) is 12.2. The van der Waals surface area contributed by atoms with Crippen LogP contribution < -0.4 is 0 Å². The molecule has 0 radical (unpaired) electrons. The topological polar surface area (TPSA) is 82.4 Å². The summed E-state index contributed by atoms with van der Waals surface area (Å²) < 4.78 is 12.9. The van der Waals surface area contributed by atoms with Crippen molar-refractivity contribution in [2.75, 3.05) is 19.8 Å². The highest BCUT2D eigenvalue weighted by Crippen LogP contribution is 2.26. The van der Waals surface area contributed by atoms with E-state index in [1.54, 1.807) is 11.0 Å². The smallest absolute Gasteiger partial charge is 0.254 e. The number of aryl methyl sites for hydroxylation is 1. The van der Waals surface area contributed by atoms with E-state index in [9.17, 15) is 4.79 Å². The number of nitrogens with zero attached hydrogens (tertiary/aromatic N) is 5. The third-order valence-electron chi connectivity index (χ3n) is 4.81. The maximum Gasteiger partial charge on any atom is 0.254 e. The summed E-state index contributed by atoms with van der Waals surface area (Å²) in [7, 11) is 0. The second-order valence-electron chi connectivity index (χ2n) is 6.43. The van der Waals surface area contributed by atoms with Gasteiger partial charge < -0.3 is 14.4 Å². The molecule has 0 saturated carbocycles. The fourth-order valence-electron chi connectivity index (χ4n) is 3.57. The number of hydrogen-bond donors (Lipinski definition) is 0. The van der Waals surface area contributed by atoms with Gasteiger partial charge in [0.25, 0.3) is 5.91 Å². The number of piperidine rings is 1. The quantitative estimate of drug-likeness (QED) is 0.836. The molecule has 8 heteroatoms. The van der Waals surface area contributed by atoms with Gasteiger partial charge in [-0.05, 0) is 60.4 Å². The van der Waals surface area contributed by atoms with Gasteiger partial charge in [0.05, 0.1) is 24.9 Å². The Kier molecular flexibility index (Phi) is 4.46. The Bertz CT molecular complexity index is 743. The molecule has 0 N–H and O–H groups in total. The van der Waals surface area contributed by atoms with Crippen LogP contribution in [-0.4, -0.2) is 63.1 Å². The second kappa shape index (κ2) is 6.89. The lowest BCUT2D eigenvalue weighted by molar-refractivity contribution is -0.100. The van der Waals surface area contributed by atoms with Crippen LogP contribution in [0.5, 0.6) is 0 Å². The number of tetrazole rings is 1. The van der Waals surface area contributed by atoms with Crippen LogP contribution in [0.1, 0.15) is 35.2 Å². The van der Waals surface area contributed by atoms with Gasteiger partial charge in [-0.2, -0.15) is 0 Å². The highest BCUT2D eigenvalue weighted by Gasteiger charge is 2.36. The Morgan fingerprint density at radius 2 is 2.08 bits per heavy atom. The van der Waals surface area contributed by atoms with Gasteiger partial charge >= 0.3 is 0 Å². The summed E-state index contributed by atoms with van der Waals surface area (Å²) in [6.07, 6.45) is 4.26. The van der Waals surface area contributed by atoms with Gasteiger partial charge in [-0.1, -0.05) is 0 Å². The minimum atomic E-state index is -0.300. The molecule has 1 aromatic carbocycles. The molecule has 1 amide bonds. The lowest BCUT2D eigenvalue weighted by Gasteiger charge is -2.38. The third-order valence-corrected chi connectivity index (χ3v) is 4.81. The Morgan fingerprint density at radius 1 is 1.24 bits per heavy atom. The Balaban J connectivity index is 1.57. The normalized spacial score (nSPS) is 21.6. The number of carbonyl (C=O) groups excluding carboxylic acids is 1.